The minimum Gasteiger partial charge on any atom is -0.284 e. The molecule has 0 aliphatic carbocycles. The Morgan fingerprint density at radius 1 is 1.18 bits per heavy atom. The molecule has 0 bridgehead atoms. The number of hydrogen-bond acceptors (Lipinski definition) is 4. The van der Waals surface area contributed by atoms with Crippen molar-refractivity contribution in [2.45, 2.75) is 26.3 Å². The van der Waals surface area contributed by atoms with Crippen LogP contribution in [0.15, 0.2) is 53.6 Å². The molecule has 1 atom stereocenters. The Labute approximate surface area is 164 Å². The lowest BCUT2D eigenvalue weighted by Crippen LogP contribution is -2.31. The van der Waals surface area contributed by atoms with Gasteiger partial charge in [0.15, 0.2) is 0 Å². The summed E-state index contributed by atoms with van der Waals surface area (Å²) in [5.41, 5.74) is 2.25. The molecular weight excluding hydrogens is 381 g/mol. The summed E-state index contributed by atoms with van der Waals surface area (Å²) in [6.45, 7) is 3.56. The van der Waals surface area contributed by atoms with Gasteiger partial charge in [-0.25, -0.2) is 17.8 Å². The number of hydrazone groups is 1. The molecule has 2 aromatic rings. The first-order chi connectivity index (χ1) is 13.2. The number of nitrogens with one attached hydrogen (secondary N) is 1. The van der Waals surface area contributed by atoms with Crippen molar-refractivity contribution < 1.29 is 17.6 Å². The second-order valence-electron chi connectivity index (χ2n) is 7.08. The van der Waals surface area contributed by atoms with Gasteiger partial charge in [-0.15, -0.1) is 0 Å². The van der Waals surface area contributed by atoms with E-state index in [1.165, 1.54) is 11.1 Å². The molecular formula is C20H22FN3O3S. The zero-order valence-corrected chi connectivity index (χ0v) is 16.7. The van der Waals surface area contributed by atoms with Gasteiger partial charge in [0.1, 0.15) is 5.82 Å². The van der Waals surface area contributed by atoms with E-state index in [4.69, 9.17) is 0 Å². The summed E-state index contributed by atoms with van der Waals surface area (Å²) in [6.07, 6.45) is 1.45. The summed E-state index contributed by atoms with van der Waals surface area (Å²) in [5.74, 6) is -0.837. The molecule has 8 heteroatoms. The first kappa shape index (κ1) is 20.0. The smallest absolute Gasteiger partial charge is 0.245 e. The van der Waals surface area contributed by atoms with E-state index in [1.54, 1.807) is 56.3 Å². The number of carbonyl (C=O) groups is 1. The Balaban J connectivity index is 1.93. The summed E-state index contributed by atoms with van der Waals surface area (Å²) >= 11 is 0. The number of sulfonamides is 1. The van der Waals surface area contributed by atoms with Gasteiger partial charge in [-0.2, -0.15) is 5.10 Å². The van der Waals surface area contributed by atoms with Gasteiger partial charge in [0, 0.05) is 23.6 Å². The summed E-state index contributed by atoms with van der Waals surface area (Å²) in [5, 5.41) is 5.84. The average molecular weight is 403 g/mol. The van der Waals surface area contributed by atoms with E-state index in [-0.39, 0.29) is 17.6 Å². The van der Waals surface area contributed by atoms with Crippen molar-refractivity contribution in [2.75, 3.05) is 11.0 Å². The molecule has 0 radical (unpaired) electrons. The van der Waals surface area contributed by atoms with Gasteiger partial charge in [-0.3, -0.25) is 9.52 Å². The standard InChI is InChI=1S/C20H22FN3O3S/c1-13(2)20(25)24-19(16-6-4-5-7-17(16)21)12-18(22-24)14-8-10-15(11-9-14)23-28(3,26)27/h4-11,13,19,23H,12H2,1-3H3/t19-/m0/s1. The van der Waals surface area contributed by atoms with Crippen LogP contribution in [0.25, 0.3) is 0 Å². The Morgan fingerprint density at radius 2 is 1.82 bits per heavy atom. The minimum absolute atomic E-state index is 0.182. The van der Waals surface area contributed by atoms with Crippen LogP contribution in [0.4, 0.5) is 10.1 Å². The monoisotopic (exact) mass is 403 g/mol. The molecule has 0 spiro atoms. The van der Waals surface area contributed by atoms with E-state index in [0.29, 0.717) is 23.4 Å². The second kappa shape index (κ2) is 7.71. The van der Waals surface area contributed by atoms with Gasteiger partial charge in [0.05, 0.1) is 18.0 Å². The first-order valence-electron chi connectivity index (χ1n) is 8.89. The van der Waals surface area contributed by atoms with E-state index >= 15 is 0 Å². The summed E-state index contributed by atoms with van der Waals surface area (Å²) in [7, 11) is -3.36. The molecule has 0 saturated heterocycles. The molecule has 0 saturated carbocycles. The number of carbonyl (C=O) groups excluding carboxylic acids is 1. The van der Waals surface area contributed by atoms with Crippen LogP contribution in [0, 0.1) is 11.7 Å². The largest absolute Gasteiger partial charge is 0.284 e. The van der Waals surface area contributed by atoms with Crippen molar-refractivity contribution in [3.63, 3.8) is 0 Å². The topological polar surface area (TPSA) is 78.8 Å². The maximum atomic E-state index is 14.4. The molecule has 0 fully saturated rings. The number of anilines is 1. The van der Waals surface area contributed by atoms with Crippen LogP contribution in [0.2, 0.25) is 0 Å². The number of halogens is 1. The predicted molar refractivity (Wildman–Crippen MR) is 107 cm³/mol. The van der Waals surface area contributed by atoms with Gasteiger partial charge in [0.2, 0.25) is 15.9 Å². The van der Waals surface area contributed by atoms with Gasteiger partial charge in [-0.1, -0.05) is 44.2 Å². The van der Waals surface area contributed by atoms with E-state index in [0.717, 1.165) is 11.8 Å². The van der Waals surface area contributed by atoms with Crippen LogP contribution in [0.5, 0.6) is 0 Å². The van der Waals surface area contributed by atoms with Crippen LogP contribution in [-0.2, 0) is 14.8 Å². The first-order valence-corrected chi connectivity index (χ1v) is 10.8. The van der Waals surface area contributed by atoms with Crippen molar-refractivity contribution in [1.82, 2.24) is 5.01 Å². The molecule has 148 valence electrons. The highest BCUT2D eigenvalue weighted by molar-refractivity contribution is 7.92. The van der Waals surface area contributed by atoms with Crippen molar-refractivity contribution >= 4 is 27.3 Å². The number of benzene rings is 2. The Morgan fingerprint density at radius 3 is 2.39 bits per heavy atom. The zero-order chi connectivity index (χ0) is 20.5. The predicted octanol–water partition coefficient (Wildman–Crippen LogP) is 3.53. The van der Waals surface area contributed by atoms with Crippen molar-refractivity contribution in [2.24, 2.45) is 11.0 Å². The van der Waals surface area contributed by atoms with Crippen LogP contribution in [0.3, 0.4) is 0 Å². The highest BCUT2D eigenvalue weighted by Crippen LogP contribution is 2.35. The van der Waals surface area contributed by atoms with Crippen LogP contribution in [-0.4, -0.2) is 31.3 Å². The van der Waals surface area contributed by atoms with E-state index in [9.17, 15) is 17.6 Å². The number of rotatable bonds is 5. The Bertz CT molecular complexity index is 1020. The van der Waals surface area contributed by atoms with Crippen molar-refractivity contribution in [3.8, 4) is 0 Å². The zero-order valence-electron chi connectivity index (χ0n) is 15.9. The van der Waals surface area contributed by atoms with Crippen LogP contribution < -0.4 is 4.72 Å². The minimum atomic E-state index is -3.36. The quantitative estimate of drug-likeness (QED) is 0.829. The molecule has 1 N–H and O–H groups in total. The van der Waals surface area contributed by atoms with E-state index < -0.39 is 16.1 Å². The normalized spacial score (nSPS) is 17.0. The molecule has 1 amide bonds. The molecule has 0 aromatic heterocycles. The molecule has 1 aliphatic heterocycles. The van der Waals surface area contributed by atoms with Gasteiger partial charge in [0.25, 0.3) is 0 Å². The maximum Gasteiger partial charge on any atom is 0.245 e. The highest BCUT2D eigenvalue weighted by Gasteiger charge is 2.35. The summed E-state index contributed by atoms with van der Waals surface area (Å²) in [6, 6.07) is 12.6. The van der Waals surface area contributed by atoms with E-state index in [2.05, 4.69) is 9.82 Å². The second-order valence-corrected chi connectivity index (χ2v) is 8.83. The van der Waals surface area contributed by atoms with Crippen molar-refractivity contribution in [3.05, 3.63) is 65.5 Å². The molecule has 2 aromatic carbocycles. The van der Waals surface area contributed by atoms with Crippen LogP contribution >= 0.6 is 0 Å². The number of nitrogens with zero attached hydrogens (tertiary/aromatic N) is 2. The molecule has 6 nitrogen and oxygen atoms in total. The lowest BCUT2D eigenvalue weighted by molar-refractivity contribution is -0.136. The highest BCUT2D eigenvalue weighted by atomic mass is 32.2. The molecule has 28 heavy (non-hydrogen) atoms. The molecule has 1 aliphatic rings. The summed E-state index contributed by atoms with van der Waals surface area (Å²) < 4.78 is 39.4. The fourth-order valence-corrected chi connectivity index (χ4v) is 3.65. The third-order valence-electron chi connectivity index (χ3n) is 4.42. The summed E-state index contributed by atoms with van der Waals surface area (Å²) in [4.78, 5) is 12.6. The van der Waals surface area contributed by atoms with Gasteiger partial charge >= 0.3 is 0 Å². The Kier molecular flexibility index (Phi) is 5.51. The van der Waals surface area contributed by atoms with Gasteiger partial charge < -0.3 is 0 Å². The lowest BCUT2D eigenvalue weighted by atomic mass is 9.97. The lowest BCUT2D eigenvalue weighted by Gasteiger charge is -2.23. The SMILES string of the molecule is CC(C)C(=O)N1N=C(c2ccc(NS(C)(=O)=O)cc2)C[C@H]1c1ccccc1F. The fourth-order valence-electron chi connectivity index (χ4n) is 3.08. The third-order valence-corrected chi connectivity index (χ3v) is 5.02. The van der Waals surface area contributed by atoms with E-state index in [1.807, 2.05) is 0 Å². The average Bonchev–Trinajstić information content (AvgIpc) is 3.05. The number of amides is 1. The molecule has 1 heterocycles. The maximum absolute atomic E-state index is 14.4. The van der Waals surface area contributed by atoms with Gasteiger partial charge in [-0.05, 0) is 23.8 Å². The molecule has 3 rings (SSSR count). The van der Waals surface area contributed by atoms with Crippen LogP contribution in [0.1, 0.15) is 37.4 Å². The number of hydrogen-bond donors (Lipinski definition) is 1. The fraction of sp³-hybridized carbons (Fsp3) is 0.300. The molecule has 0 unspecified atom stereocenters. The van der Waals surface area contributed by atoms with Crippen molar-refractivity contribution in [1.29, 1.82) is 0 Å². The third kappa shape index (κ3) is 4.39. The Hall–Kier alpha value is -2.74.